The highest BCUT2D eigenvalue weighted by Gasteiger charge is 2.16. The van der Waals surface area contributed by atoms with Crippen LogP contribution in [0.5, 0.6) is 11.5 Å². The maximum absolute atomic E-state index is 13.0. The number of fused-ring (bicyclic) bond motifs is 1. The van der Waals surface area contributed by atoms with Crippen molar-refractivity contribution in [1.29, 1.82) is 0 Å². The summed E-state index contributed by atoms with van der Waals surface area (Å²) in [5.41, 5.74) is 2.74. The zero-order valence-corrected chi connectivity index (χ0v) is 17.0. The minimum absolute atomic E-state index is 0.139. The van der Waals surface area contributed by atoms with Gasteiger partial charge in [0.2, 0.25) is 0 Å². The number of methoxy groups -OCH3 is 2. The summed E-state index contributed by atoms with van der Waals surface area (Å²) >= 11 is 1.62. The lowest BCUT2D eigenvalue weighted by atomic mass is 10.0. The van der Waals surface area contributed by atoms with E-state index in [0.717, 1.165) is 21.3 Å². The average molecular weight is 404 g/mol. The van der Waals surface area contributed by atoms with Gasteiger partial charge < -0.3 is 14.8 Å². The second-order valence-electron chi connectivity index (χ2n) is 6.40. The molecule has 4 aromatic rings. The Kier molecular flexibility index (Phi) is 5.44. The van der Waals surface area contributed by atoms with Gasteiger partial charge in [0.05, 0.1) is 37.5 Å². The summed E-state index contributed by atoms with van der Waals surface area (Å²) in [6.45, 7) is 0.491. The van der Waals surface area contributed by atoms with Crippen molar-refractivity contribution >= 4 is 28.1 Å². The summed E-state index contributed by atoms with van der Waals surface area (Å²) in [7, 11) is 3.23. The van der Waals surface area contributed by atoms with E-state index in [1.165, 1.54) is 0 Å². The van der Waals surface area contributed by atoms with Crippen LogP contribution in [0.4, 0.5) is 0 Å². The van der Waals surface area contributed by atoms with Crippen molar-refractivity contribution in [3.05, 3.63) is 76.5 Å². The smallest absolute Gasteiger partial charge is 0.252 e. The fourth-order valence-corrected chi connectivity index (χ4v) is 3.84. The quantitative estimate of drug-likeness (QED) is 0.496. The number of thiophene rings is 1. The fraction of sp³-hybridized carbons (Fsp3) is 0.130. The van der Waals surface area contributed by atoms with Crippen molar-refractivity contribution in [3.8, 4) is 22.8 Å². The van der Waals surface area contributed by atoms with Gasteiger partial charge in [0.15, 0.2) is 0 Å². The van der Waals surface area contributed by atoms with E-state index in [-0.39, 0.29) is 5.91 Å². The number of hydrogen-bond acceptors (Lipinski definition) is 5. The van der Waals surface area contributed by atoms with Gasteiger partial charge in [0, 0.05) is 15.8 Å². The maximum atomic E-state index is 13.0. The van der Waals surface area contributed by atoms with Crippen LogP contribution in [0, 0.1) is 0 Å². The Morgan fingerprint density at radius 1 is 1.03 bits per heavy atom. The zero-order chi connectivity index (χ0) is 20.2. The van der Waals surface area contributed by atoms with Gasteiger partial charge in [-0.15, -0.1) is 11.3 Å². The first-order chi connectivity index (χ1) is 14.2. The molecule has 0 bridgehead atoms. The normalized spacial score (nSPS) is 10.7. The van der Waals surface area contributed by atoms with E-state index in [1.54, 1.807) is 25.6 Å². The molecule has 2 aromatic heterocycles. The highest BCUT2D eigenvalue weighted by atomic mass is 32.1. The van der Waals surface area contributed by atoms with Crippen LogP contribution in [0.2, 0.25) is 0 Å². The number of hydrogen-bond donors (Lipinski definition) is 1. The Morgan fingerprint density at radius 3 is 2.66 bits per heavy atom. The van der Waals surface area contributed by atoms with Gasteiger partial charge >= 0.3 is 0 Å². The first-order valence-corrected chi connectivity index (χ1v) is 10.0. The first-order valence-electron chi connectivity index (χ1n) is 9.12. The molecule has 1 N–H and O–H groups in total. The predicted molar refractivity (Wildman–Crippen MR) is 116 cm³/mol. The third kappa shape index (κ3) is 3.93. The second-order valence-corrected chi connectivity index (χ2v) is 7.43. The van der Waals surface area contributed by atoms with Gasteiger partial charge in [-0.05, 0) is 41.8 Å². The number of benzene rings is 2. The Morgan fingerprint density at radius 2 is 1.90 bits per heavy atom. The summed E-state index contributed by atoms with van der Waals surface area (Å²) in [5.74, 6) is 1.22. The van der Waals surface area contributed by atoms with Crippen molar-refractivity contribution in [2.45, 2.75) is 6.54 Å². The summed E-state index contributed by atoms with van der Waals surface area (Å²) in [6, 6.07) is 19.0. The van der Waals surface area contributed by atoms with Crippen molar-refractivity contribution in [2.75, 3.05) is 14.2 Å². The molecule has 29 heavy (non-hydrogen) atoms. The molecule has 6 heteroatoms. The standard InChI is InChI=1S/C23H20N2O3S/c1-27-15-9-10-22(28-2)19(12-15)21-13-18(17-7-3-4-8-20(17)25-21)23(26)24-14-16-6-5-11-29-16/h3-13H,14H2,1-2H3,(H,24,26). The molecule has 1 amide bonds. The van der Waals surface area contributed by atoms with Crippen molar-refractivity contribution in [2.24, 2.45) is 0 Å². The highest BCUT2D eigenvalue weighted by molar-refractivity contribution is 7.09. The number of pyridine rings is 1. The Bertz CT molecular complexity index is 1160. The molecule has 2 heterocycles. The minimum Gasteiger partial charge on any atom is -0.497 e. The molecule has 2 aromatic carbocycles. The molecule has 0 unspecified atom stereocenters. The first kappa shape index (κ1) is 19.0. The topological polar surface area (TPSA) is 60.5 Å². The molecular weight excluding hydrogens is 384 g/mol. The van der Waals surface area contributed by atoms with Gasteiger partial charge in [-0.3, -0.25) is 4.79 Å². The van der Waals surface area contributed by atoms with Crippen LogP contribution in [0.3, 0.4) is 0 Å². The molecule has 0 atom stereocenters. The van der Waals surface area contributed by atoms with Crippen molar-refractivity contribution in [3.63, 3.8) is 0 Å². The largest absolute Gasteiger partial charge is 0.497 e. The van der Waals surface area contributed by atoms with Gasteiger partial charge in [0.1, 0.15) is 11.5 Å². The van der Waals surface area contributed by atoms with Crippen LogP contribution >= 0.6 is 11.3 Å². The lowest BCUT2D eigenvalue weighted by Gasteiger charge is -2.13. The molecule has 0 saturated carbocycles. The molecule has 0 aliphatic rings. The number of para-hydroxylation sites is 1. The number of carbonyl (C=O) groups excluding carboxylic acids is 1. The van der Waals surface area contributed by atoms with Crippen LogP contribution in [-0.4, -0.2) is 25.1 Å². The fourth-order valence-electron chi connectivity index (χ4n) is 3.19. The molecule has 0 aliphatic carbocycles. The van der Waals surface area contributed by atoms with Gasteiger partial charge in [-0.2, -0.15) is 0 Å². The van der Waals surface area contributed by atoms with Crippen LogP contribution in [-0.2, 0) is 6.54 Å². The maximum Gasteiger partial charge on any atom is 0.252 e. The molecular formula is C23H20N2O3S. The molecule has 5 nitrogen and oxygen atoms in total. The van der Waals surface area contributed by atoms with Crippen molar-refractivity contribution < 1.29 is 14.3 Å². The summed E-state index contributed by atoms with van der Waals surface area (Å²) in [5, 5.41) is 5.81. The van der Waals surface area contributed by atoms with E-state index >= 15 is 0 Å². The Balaban J connectivity index is 1.80. The van der Waals surface area contributed by atoms with Crippen LogP contribution < -0.4 is 14.8 Å². The monoisotopic (exact) mass is 404 g/mol. The molecule has 0 fully saturated rings. The Labute approximate surface area is 172 Å². The lowest BCUT2D eigenvalue weighted by molar-refractivity contribution is 0.0953. The molecule has 0 radical (unpaired) electrons. The van der Waals surface area contributed by atoms with Crippen LogP contribution in [0.1, 0.15) is 15.2 Å². The van der Waals surface area contributed by atoms with Crippen LogP contribution in [0.25, 0.3) is 22.2 Å². The number of rotatable bonds is 6. The van der Waals surface area contributed by atoms with E-state index in [0.29, 0.717) is 29.3 Å². The predicted octanol–water partition coefficient (Wildman–Crippen LogP) is 4.91. The number of aromatic nitrogens is 1. The minimum atomic E-state index is -0.139. The van der Waals surface area contributed by atoms with E-state index in [2.05, 4.69) is 5.32 Å². The molecule has 0 aliphatic heterocycles. The highest BCUT2D eigenvalue weighted by Crippen LogP contribution is 2.34. The average Bonchev–Trinajstić information content (AvgIpc) is 3.30. The third-order valence-corrected chi connectivity index (χ3v) is 5.52. The number of nitrogens with one attached hydrogen (secondary N) is 1. The van der Waals surface area contributed by atoms with Crippen LogP contribution in [0.15, 0.2) is 66.0 Å². The van der Waals surface area contributed by atoms with E-state index in [1.807, 2.05) is 66.0 Å². The molecule has 146 valence electrons. The van der Waals surface area contributed by atoms with Gasteiger partial charge in [-0.1, -0.05) is 24.3 Å². The molecule has 0 saturated heterocycles. The summed E-state index contributed by atoms with van der Waals surface area (Å²) in [6.07, 6.45) is 0. The number of nitrogens with zero attached hydrogens (tertiary/aromatic N) is 1. The lowest BCUT2D eigenvalue weighted by Crippen LogP contribution is -2.22. The Hall–Kier alpha value is -3.38. The van der Waals surface area contributed by atoms with Gasteiger partial charge in [-0.25, -0.2) is 4.98 Å². The van der Waals surface area contributed by atoms with E-state index in [9.17, 15) is 4.79 Å². The van der Waals surface area contributed by atoms with E-state index < -0.39 is 0 Å². The third-order valence-electron chi connectivity index (χ3n) is 4.65. The molecule has 4 rings (SSSR count). The van der Waals surface area contributed by atoms with E-state index in [4.69, 9.17) is 14.5 Å². The number of amides is 1. The number of ether oxygens (including phenoxy) is 2. The zero-order valence-electron chi connectivity index (χ0n) is 16.1. The number of carbonyl (C=O) groups is 1. The second kappa shape index (κ2) is 8.32. The van der Waals surface area contributed by atoms with Gasteiger partial charge in [0.25, 0.3) is 5.91 Å². The van der Waals surface area contributed by atoms with Crippen molar-refractivity contribution in [1.82, 2.24) is 10.3 Å². The summed E-state index contributed by atoms with van der Waals surface area (Å²) < 4.78 is 10.9. The summed E-state index contributed by atoms with van der Waals surface area (Å²) in [4.78, 5) is 18.9. The SMILES string of the molecule is COc1ccc(OC)c(-c2cc(C(=O)NCc3cccs3)c3ccccc3n2)c1. The molecule has 0 spiro atoms.